The number of alkyl halides is 3. The van der Waals surface area contributed by atoms with Crippen LogP contribution in [0.1, 0.15) is 19.5 Å². The molecule has 2 aromatic heterocycles. The maximum absolute atomic E-state index is 13.0. The molecular weight excluding hydrogens is 357 g/mol. The van der Waals surface area contributed by atoms with E-state index in [2.05, 4.69) is 30.6 Å². The van der Waals surface area contributed by atoms with Crippen LogP contribution in [0.2, 0.25) is 0 Å². The van der Waals surface area contributed by atoms with Gasteiger partial charge in [0, 0.05) is 11.7 Å². The van der Waals surface area contributed by atoms with Crippen LogP contribution >= 0.6 is 0 Å². The van der Waals surface area contributed by atoms with E-state index >= 15 is 0 Å². The van der Waals surface area contributed by atoms with Gasteiger partial charge in [-0.3, -0.25) is 0 Å². The van der Waals surface area contributed by atoms with Gasteiger partial charge in [-0.15, -0.1) is 0 Å². The molecule has 0 aliphatic carbocycles. The minimum absolute atomic E-state index is 0.00939. The zero-order valence-corrected chi connectivity index (χ0v) is 14.6. The number of halogens is 3. The molecule has 140 valence electrons. The van der Waals surface area contributed by atoms with E-state index in [9.17, 15) is 13.2 Å². The van der Waals surface area contributed by atoms with Crippen LogP contribution in [-0.4, -0.2) is 26.0 Å². The lowest BCUT2D eigenvalue weighted by molar-refractivity contribution is -0.141. The third-order valence-corrected chi connectivity index (χ3v) is 3.35. The molecule has 2 N–H and O–H groups in total. The molecule has 0 amide bonds. The molecule has 27 heavy (non-hydrogen) atoms. The number of para-hydroxylation sites is 1. The van der Waals surface area contributed by atoms with Gasteiger partial charge in [0.1, 0.15) is 11.4 Å². The largest absolute Gasteiger partial charge is 0.433 e. The Labute approximate surface area is 153 Å². The summed E-state index contributed by atoms with van der Waals surface area (Å²) >= 11 is 0. The molecule has 0 unspecified atom stereocenters. The van der Waals surface area contributed by atoms with Crippen LogP contribution < -0.4 is 10.6 Å². The lowest BCUT2D eigenvalue weighted by Crippen LogP contribution is -2.15. The van der Waals surface area contributed by atoms with Crippen molar-refractivity contribution in [1.29, 1.82) is 0 Å². The predicted octanol–water partition coefficient (Wildman–Crippen LogP) is 4.52. The Morgan fingerprint density at radius 3 is 2.19 bits per heavy atom. The van der Waals surface area contributed by atoms with E-state index in [-0.39, 0.29) is 29.5 Å². The van der Waals surface area contributed by atoms with Crippen molar-refractivity contribution in [2.75, 3.05) is 10.6 Å². The quantitative estimate of drug-likeness (QED) is 0.684. The smallest absolute Gasteiger partial charge is 0.352 e. The molecule has 0 fully saturated rings. The van der Waals surface area contributed by atoms with Crippen LogP contribution in [0.25, 0.3) is 11.5 Å². The number of benzene rings is 1. The fourth-order valence-electron chi connectivity index (χ4n) is 2.24. The molecule has 3 aromatic rings. The van der Waals surface area contributed by atoms with E-state index in [0.717, 1.165) is 11.8 Å². The van der Waals surface area contributed by atoms with Gasteiger partial charge >= 0.3 is 6.18 Å². The van der Waals surface area contributed by atoms with Gasteiger partial charge in [0.05, 0.1) is 0 Å². The fraction of sp³-hybridized carbons (Fsp3) is 0.222. The number of hydrogen-bond acceptors (Lipinski definition) is 6. The van der Waals surface area contributed by atoms with Crippen molar-refractivity contribution in [2.45, 2.75) is 26.1 Å². The first-order valence-electron chi connectivity index (χ1n) is 8.20. The Morgan fingerprint density at radius 1 is 0.815 bits per heavy atom. The van der Waals surface area contributed by atoms with E-state index in [1.165, 1.54) is 12.1 Å². The fourth-order valence-corrected chi connectivity index (χ4v) is 2.24. The van der Waals surface area contributed by atoms with Gasteiger partial charge in [-0.2, -0.15) is 28.1 Å². The molecule has 2 heterocycles. The molecule has 0 aliphatic heterocycles. The third kappa shape index (κ3) is 4.90. The Balaban J connectivity index is 2.02. The Bertz CT molecular complexity index is 912. The predicted molar refractivity (Wildman–Crippen MR) is 96.5 cm³/mol. The van der Waals surface area contributed by atoms with Crippen LogP contribution in [0, 0.1) is 0 Å². The summed E-state index contributed by atoms with van der Waals surface area (Å²) in [5, 5.41) is 6.05. The number of nitrogens with one attached hydrogen (secondary N) is 2. The highest BCUT2D eigenvalue weighted by atomic mass is 19.4. The summed E-state index contributed by atoms with van der Waals surface area (Å²) in [5.41, 5.74) is -0.256. The number of pyridine rings is 1. The number of aromatic nitrogens is 4. The number of nitrogens with zero attached hydrogens (tertiary/aromatic N) is 4. The molecule has 0 bridgehead atoms. The highest BCUT2D eigenvalue weighted by Crippen LogP contribution is 2.29. The van der Waals surface area contributed by atoms with Crippen molar-refractivity contribution < 1.29 is 13.2 Å². The number of anilines is 3. The molecule has 3 rings (SSSR count). The average molecular weight is 374 g/mol. The van der Waals surface area contributed by atoms with E-state index < -0.39 is 11.9 Å². The normalized spacial score (nSPS) is 11.5. The molecular formula is C18H17F3N6. The second-order valence-corrected chi connectivity index (χ2v) is 6.00. The lowest BCUT2D eigenvalue weighted by atomic mass is 10.3. The van der Waals surface area contributed by atoms with Crippen molar-refractivity contribution in [3.8, 4) is 11.5 Å². The van der Waals surface area contributed by atoms with E-state index in [4.69, 9.17) is 0 Å². The first-order valence-corrected chi connectivity index (χ1v) is 8.20. The number of rotatable bonds is 5. The topological polar surface area (TPSA) is 75.6 Å². The molecule has 0 saturated carbocycles. The van der Waals surface area contributed by atoms with Crippen molar-refractivity contribution >= 4 is 17.6 Å². The Kier molecular flexibility index (Phi) is 5.20. The summed E-state index contributed by atoms with van der Waals surface area (Å²) in [4.78, 5) is 16.4. The van der Waals surface area contributed by atoms with Crippen LogP contribution in [0.3, 0.4) is 0 Å². The summed E-state index contributed by atoms with van der Waals surface area (Å²) in [6.45, 7) is 3.80. The Hall–Kier alpha value is -3.23. The van der Waals surface area contributed by atoms with Gasteiger partial charge in [0.25, 0.3) is 0 Å². The molecule has 0 atom stereocenters. The maximum Gasteiger partial charge on any atom is 0.433 e. The van der Waals surface area contributed by atoms with Crippen LogP contribution in [-0.2, 0) is 6.18 Å². The number of hydrogen-bond donors (Lipinski definition) is 2. The molecule has 0 radical (unpaired) electrons. The highest BCUT2D eigenvalue weighted by molar-refractivity contribution is 5.58. The van der Waals surface area contributed by atoms with Gasteiger partial charge in [-0.05, 0) is 38.1 Å². The standard InChI is InChI=1S/C18H17F3N6/c1-11(2)22-16-25-15(13-9-6-10-14(24-13)18(19,20)21)26-17(27-16)23-12-7-4-3-5-8-12/h3-11H,1-2H3,(H2,22,23,25,26,27). The summed E-state index contributed by atoms with van der Waals surface area (Å²) in [5.74, 6) is 0.485. The van der Waals surface area contributed by atoms with Crippen molar-refractivity contribution in [2.24, 2.45) is 0 Å². The summed E-state index contributed by atoms with van der Waals surface area (Å²) in [7, 11) is 0. The van der Waals surface area contributed by atoms with Gasteiger partial charge < -0.3 is 10.6 Å². The van der Waals surface area contributed by atoms with E-state index in [1.54, 1.807) is 0 Å². The van der Waals surface area contributed by atoms with Gasteiger partial charge in [0.15, 0.2) is 5.82 Å². The molecule has 1 aromatic carbocycles. The minimum atomic E-state index is -4.55. The van der Waals surface area contributed by atoms with E-state index in [1.807, 2.05) is 44.2 Å². The molecule has 0 aliphatic rings. The second kappa shape index (κ2) is 7.56. The minimum Gasteiger partial charge on any atom is -0.352 e. The zero-order chi connectivity index (χ0) is 19.4. The van der Waals surface area contributed by atoms with Gasteiger partial charge in [0.2, 0.25) is 11.9 Å². The van der Waals surface area contributed by atoms with Crippen molar-refractivity contribution in [1.82, 2.24) is 19.9 Å². The second-order valence-electron chi connectivity index (χ2n) is 6.00. The van der Waals surface area contributed by atoms with Crippen LogP contribution in [0.4, 0.5) is 30.8 Å². The SMILES string of the molecule is CC(C)Nc1nc(Nc2ccccc2)nc(-c2cccc(C(F)(F)F)n2)n1. The molecule has 6 nitrogen and oxygen atoms in total. The average Bonchev–Trinajstić information content (AvgIpc) is 2.61. The van der Waals surface area contributed by atoms with E-state index in [0.29, 0.717) is 0 Å². The third-order valence-electron chi connectivity index (χ3n) is 3.35. The highest BCUT2D eigenvalue weighted by Gasteiger charge is 2.32. The maximum atomic E-state index is 13.0. The summed E-state index contributed by atoms with van der Waals surface area (Å²) < 4.78 is 38.9. The first-order chi connectivity index (χ1) is 12.8. The Morgan fingerprint density at radius 2 is 1.52 bits per heavy atom. The monoisotopic (exact) mass is 374 g/mol. The molecule has 9 heteroatoms. The van der Waals surface area contributed by atoms with Crippen molar-refractivity contribution in [3.05, 3.63) is 54.2 Å². The zero-order valence-electron chi connectivity index (χ0n) is 14.6. The first kappa shape index (κ1) is 18.6. The van der Waals surface area contributed by atoms with Crippen LogP contribution in [0.5, 0.6) is 0 Å². The van der Waals surface area contributed by atoms with Crippen molar-refractivity contribution in [3.63, 3.8) is 0 Å². The van der Waals surface area contributed by atoms with Gasteiger partial charge in [-0.1, -0.05) is 24.3 Å². The lowest BCUT2D eigenvalue weighted by Gasteiger charge is -2.12. The summed E-state index contributed by atoms with van der Waals surface area (Å²) in [6, 6.07) is 12.8. The molecule has 0 saturated heterocycles. The van der Waals surface area contributed by atoms with Gasteiger partial charge in [-0.25, -0.2) is 4.98 Å². The van der Waals surface area contributed by atoms with Crippen LogP contribution in [0.15, 0.2) is 48.5 Å². The summed E-state index contributed by atoms with van der Waals surface area (Å²) in [6.07, 6.45) is -4.55. The molecule has 0 spiro atoms.